The lowest BCUT2D eigenvalue weighted by atomic mass is 9.99. The molecule has 0 aliphatic carbocycles. The normalized spacial score (nSPS) is 15.7. The van der Waals surface area contributed by atoms with Crippen LogP contribution >= 0.6 is 11.6 Å². The maximum absolute atomic E-state index is 13.3. The second-order valence-corrected chi connectivity index (χ2v) is 9.47. The van der Waals surface area contributed by atoms with Crippen LogP contribution in [0.3, 0.4) is 0 Å². The molecule has 1 atom stereocenters. The molecule has 1 fully saturated rings. The first-order chi connectivity index (χ1) is 15.8. The van der Waals surface area contributed by atoms with Gasteiger partial charge in [-0.05, 0) is 61.6 Å². The molecule has 0 radical (unpaired) electrons. The molecule has 1 aromatic heterocycles. The Hall–Kier alpha value is -3.06. The van der Waals surface area contributed by atoms with Crippen LogP contribution in [0.1, 0.15) is 49.5 Å². The van der Waals surface area contributed by atoms with E-state index in [0.29, 0.717) is 42.9 Å². The minimum Gasteiger partial charge on any atom is -0.341 e. The number of likely N-dealkylation sites (tertiary alicyclic amines) is 1. The zero-order valence-electron chi connectivity index (χ0n) is 18.9. The van der Waals surface area contributed by atoms with Crippen molar-refractivity contribution in [3.63, 3.8) is 0 Å². The zero-order chi connectivity index (χ0) is 23.5. The lowest BCUT2D eigenvalue weighted by Crippen LogP contribution is -2.51. The highest BCUT2D eigenvalue weighted by molar-refractivity contribution is 6.30. The average molecular weight is 469 g/mol. The summed E-state index contributed by atoms with van der Waals surface area (Å²) in [5.74, 6) is -0.117. The summed E-state index contributed by atoms with van der Waals surface area (Å²) in [5.41, 5.74) is 2.07. The number of hydrogen-bond donors (Lipinski definition) is 2. The van der Waals surface area contributed by atoms with Gasteiger partial charge in [-0.15, -0.1) is 0 Å². The first-order valence-corrected chi connectivity index (χ1v) is 11.8. The van der Waals surface area contributed by atoms with Crippen LogP contribution in [0.2, 0.25) is 5.02 Å². The van der Waals surface area contributed by atoms with Crippen LogP contribution in [0.5, 0.6) is 0 Å². The average Bonchev–Trinajstić information content (AvgIpc) is 3.14. The molecule has 3 aromatic rings. The van der Waals surface area contributed by atoms with Gasteiger partial charge in [-0.1, -0.05) is 37.6 Å². The Bertz CT molecular complexity index is 1190. The van der Waals surface area contributed by atoms with Crippen molar-refractivity contribution >= 4 is 34.4 Å². The molecule has 8 heteroatoms. The van der Waals surface area contributed by atoms with Crippen LogP contribution in [0, 0.1) is 5.92 Å². The molecule has 2 N–H and O–H groups in total. The van der Waals surface area contributed by atoms with Crippen molar-refractivity contribution < 1.29 is 9.59 Å². The number of nitrogens with one attached hydrogen (secondary N) is 2. The van der Waals surface area contributed by atoms with Crippen molar-refractivity contribution in [1.82, 2.24) is 19.8 Å². The molecule has 2 amide bonds. The number of hydrogen-bond acceptors (Lipinski definition) is 3. The Kier molecular flexibility index (Phi) is 6.88. The summed E-state index contributed by atoms with van der Waals surface area (Å²) >= 11 is 5.92. The number of carbonyl (C=O) groups excluding carboxylic acids is 2. The summed E-state index contributed by atoms with van der Waals surface area (Å²) in [6.07, 6.45) is 1.93. The number of aromatic nitrogens is 2. The summed E-state index contributed by atoms with van der Waals surface area (Å²) in [5, 5.41) is 3.47. The van der Waals surface area contributed by atoms with E-state index in [1.54, 1.807) is 24.3 Å². The van der Waals surface area contributed by atoms with E-state index in [2.05, 4.69) is 10.3 Å². The number of nitrogens with zero attached hydrogens (tertiary/aromatic N) is 2. The van der Waals surface area contributed by atoms with Gasteiger partial charge >= 0.3 is 5.69 Å². The van der Waals surface area contributed by atoms with Gasteiger partial charge in [-0.25, -0.2) is 4.79 Å². The third-order valence-electron chi connectivity index (χ3n) is 6.18. The van der Waals surface area contributed by atoms with Crippen LogP contribution in [0.25, 0.3) is 11.0 Å². The number of carbonyl (C=O) groups is 2. The Morgan fingerprint density at radius 1 is 1.09 bits per heavy atom. The Morgan fingerprint density at radius 2 is 1.76 bits per heavy atom. The van der Waals surface area contributed by atoms with Crippen LogP contribution in [0.15, 0.2) is 53.3 Å². The smallest absolute Gasteiger partial charge is 0.326 e. The minimum atomic E-state index is -0.597. The summed E-state index contributed by atoms with van der Waals surface area (Å²) in [4.78, 5) is 43.3. The SMILES string of the molecule is CC(C)CC(NC(=O)c1ccc(Cl)cc1)C(=O)N1CCC(n2c(=O)[nH]c3ccccc32)CC1. The summed E-state index contributed by atoms with van der Waals surface area (Å²) in [6, 6.07) is 13.7. The van der Waals surface area contributed by atoms with Crippen molar-refractivity contribution in [2.24, 2.45) is 5.92 Å². The number of para-hydroxylation sites is 2. The second kappa shape index (κ2) is 9.83. The summed E-state index contributed by atoms with van der Waals surface area (Å²) in [6.45, 7) is 5.15. The van der Waals surface area contributed by atoms with E-state index in [0.717, 1.165) is 11.0 Å². The highest BCUT2D eigenvalue weighted by atomic mass is 35.5. The van der Waals surface area contributed by atoms with Gasteiger partial charge in [0.25, 0.3) is 5.91 Å². The largest absolute Gasteiger partial charge is 0.341 e. The number of amides is 2. The van der Waals surface area contributed by atoms with E-state index in [-0.39, 0.29) is 29.5 Å². The van der Waals surface area contributed by atoms with Crippen molar-refractivity contribution in [1.29, 1.82) is 0 Å². The van der Waals surface area contributed by atoms with E-state index >= 15 is 0 Å². The molecule has 2 heterocycles. The first kappa shape index (κ1) is 23.1. The van der Waals surface area contributed by atoms with Crippen molar-refractivity contribution in [3.05, 3.63) is 69.6 Å². The molecule has 4 rings (SSSR count). The molecule has 0 bridgehead atoms. The van der Waals surface area contributed by atoms with Gasteiger partial charge < -0.3 is 15.2 Å². The molecule has 0 saturated carbocycles. The number of halogens is 1. The molecule has 1 aliphatic heterocycles. The van der Waals surface area contributed by atoms with E-state index in [1.165, 1.54) is 0 Å². The molecule has 1 unspecified atom stereocenters. The third kappa shape index (κ3) is 5.14. The summed E-state index contributed by atoms with van der Waals surface area (Å²) < 4.78 is 1.81. The van der Waals surface area contributed by atoms with E-state index < -0.39 is 6.04 Å². The lowest BCUT2D eigenvalue weighted by Gasteiger charge is -2.35. The van der Waals surface area contributed by atoms with E-state index in [1.807, 2.05) is 47.6 Å². The van der Waals surface area contributed by atoms with Crippen LogP contribution in [0.4, 0.5) is 0 Å². The molecule has 2 aromatic carbocycles. The highest BCUT2D eigenvalue weighted by Crippen LogP contribution is 2.25. The number of piperidine rings is 1. The molecule has 0 spiro atoms. The molecule has 33 heavy (non-hydrogen) atoms. The minimum absolute atomic E-state index is 0.0323. The zero-order valence-corrected chi connectivity index (χ0v) is 19.6. The fourth-order valence-electron chi connectivity index (χ4n) is 4.54. The topological polar surface area (TPSA) is 87.2 Å². The predicted molar refractivity (Wildman–Crippen MR) is 130 cm³/mol. The monoisotopic (exact) mass is 468 g/mol. The number of aromatic amines is 1. The standard InChI is InChI=1S/C25H29ClN4O3/c1-16(2)15-21(27-23(31)17-7-9-18(26)10-8-17)24(32)29-13-11-19(12-14-29)30-22-6-4-3-5-20(22)28-25(30)33/h3-10,16,19,21H,11-15H2,1-2H3,(H,27,31)(H,28,33). The number of fused-ring (bicyclic) bond motifs is 1. The molecular weight excluding hydrogens is 440 g/mol. The van der Waals surface area contributed by atoms with Gasteiger partial charge in [0, 0.05) is 29.7 Å². The summed E-state index contributed by atoms with van der Waals surface area (Å²) in [7, 11) is 0. The predicted octanol–water partition coefficient (Wildman–Crippen LogP) is 3.99. The van der Waals surface area contributed by atoms with E-state index in [4.69, 9.17) is 11.6 Å². The maximum Gasteiger partial charge on any atom is 0.326 e. The third-order valence-corrected chi connectivity index (χ3v) is 6.43. The van der Waals surface area contributed by atoms with Crippen molar-refractivity contribution in [2.75, 3.05) is 13.1 Å². The molecule has 174 valence electrons. The number of benzene rings is 2. The number of H-pyrrole nitrogens is 1. The Morgan fingerprint density at radius 3 is 2.42 bits per heavy atom. The van der Waals surface area contributed by atoms with E-state index in [9.17, 15) is 14.4 Å². The number of imidazole rings is 1. The van der Waals surface area contributed by atoms with Gasteiger partial charge in [-0.2, -0.15) is 0 Å². The quantitative estimate of drug-likeness (QED) is 0.573. The van der Waals surface area contributed by atoms with Gasteiger partial charge in [0.05, 0.1) is 11.0 Å². The fraction of sp³-hybridized carbons (Fsp3) is 0.400. The van der Waals surface area contributed by atoms with Crippen molar-refractivity contribution in [2.45, 2.75) is 45.2 Å². The van der Waals surface area contributed by atoms with Gasteiger partial charge in [0.2, 0.25) is 5.91 Å². The van der Waals surface area contributed by atoms with Crippen LogP contribution in [-0.2, 0) is 4.79 Å². The lowest BCUT2D eigenvalue weighted by molar-refractivity contribution is -0.135. The van der Waals surface area contributed by atoms with Gasteiger partial charge in [0.15, 0.2) is 0 Å². The first-order valence-electron chi connectivity index (χ1n) is 11.4. The van der Waals surface area contributed by atoms with Gasteiger partial charge in [0.1, 0.15) is 6.04 Å². The van der Waals surface area contributed by atoms with Gasteiger partial charge in [-0.3, -0.25) is 14.2 Å². The Balaban J connectivity index is 1.44. The van der Waals surface area contributed by atoms with Crippen LogP contribution < -0.4 is 11.0 Å². The second-order valence-electron chi connectivity index (χ2n) is 9.04. The highest BCUT2D eigenvalue weighted by Gasteiger charge is 2.31. The fourth-order valence-corrected chi connectivity index (χ4v) is 4.66. The molecular formula is C25H29ClN4O3. The molecule has 1 saturated heterocycles. The molecule has 1 aliphatic rings. The van der Waals surface area contributed by atoms with Crippen molar-refractivity contribution in [3.8, 4) is 0 Å². The maximum atomic E-state index is 13.3. The Labute approximate surface area is 197 Å². The number of rotatable bonds is 6. The van der Waals surface area contributed by atoms with Crippen LogP contribution in [-0.4, -0.2) is 45.4 Å². The molecule has 7 nitrogen and oxygen atoms in total.